The van der Waals surface area contributed by atoms with E-state index in [1.165, 1.54) is 6.26 Å². The Kier molecular flexibility index (Phi) is 4.44. The molecule has 0 aliphatic rings. The zero-order chi connectivity index (χ0) is 10.7. The van der Waals surface area contributed by atoms with Gasteiger partial charge in [0, 0.05) is 12.8 Å². The van der Waals surface area contributed by atoms with Crippen LogP contribution < -0.4 is 0 Å². The van der Waals surface area contributed by atoms with Crippen molar-refractivity contribution >= 4 is 11.2 Å². The van der Waals surface area contributed by atoms with Gasteiger partial charge in [-0.05, 0) is 0 Å². The number of hydrogen-bond donors (Lipinski definition) is 1. The number of halogens is 5. The Bertz CT molecular complexity index is 156. The molecule has 0 saturated carbocycles. The molecule has 0 saturated heterocycles. The standard InChI is InChI=1S/C6H10F5OS/c1-13(12)4-2-3-5(7,8)6(9,10)11/h12H,2-4H2,1H3/q+1. The summed E-state index contributed by atoms with van der Waals surface area (Å²) >= 11 is -1.08. The normalized spacial score (nSPS) is 15.9. The summed E-state index contributed by atoms with van der Waals surface area (Å²) in [6.07, 6.45) is -5.70. The van der Waals surface area contributed by atoms with E-state index in [1.807, 2.05) is 0 Å². The van der Waals surface area contributed by atoms with Crippen molar-refractivity contribution in [2.75, 3.05) is 12.0 Å². The van der Waals surface area contributed by atoms with Gasteiger partial charge in [0.1, 0.15) is 23.2 Å². The van der Waals surface area contributed by atoms with Gasteiger partial charge in [0.15, 0.2) is 0 Å². The van der Waals surface area contributed by atoms with Crippen molar-refractivity contribution in [2.24, 2.45) is 0 Å². The van der Waals surface area contributed by atoms with Gasteiger partial charge < -0.3 is 0 Å². The molecule has 0 aliphatic heterocycles. The van der Waals surface area contributed by atoms with E-state index in [1.54, 1.807) is 0 Å². The van der Waals surface area contributed by atoms with Crippen molar-refractivity contribution in [1.29, 1.82) is 0 Å². The van der Waals surface area contributed by atoms with E-state index >= 15 is 0 Å². The van der Waals surface area contributed by atoms with Gasteiger partial charge in [0.25, 0.3) is 0 Å². The second-order valence-electron chi connectivity index (χ2n) is 2.61. The van der Waals surface area contributed by atoms with Crippen LogP contribution in [0.15, 0.2) is 0 Å². The van der Waals surface area contributed by atoms with Crippen molar-refractivity contribution in [3.05, 3.63) is 0 Å². The zero-order valence-electron chi connectivity index (χ0n) is 6.87. The Morgan fingerprint density at radius 1 is 1.15 bits per heavy atom. The first kappa shape index (κ1) is 13.0. The number of hydrogen-bond acceptors (Lipinski definition) is 1. The molecule has 0 spiro atoms. The molecule has 1 nitrogen and oxygen atoms in total. The van der Waals surface area contributed by atoms with Gasteiger partial charge in [-0.2, -0.15) is 26.5 Å². The molecular formula is C6H10F5OS+. The molecule has 80 valence electrons. The molecule has 0 rings (SSSR count). The summed E-state index contributed by atoms with van der Waals surface area (Å²) in [4.78, 5) is 0. The molecule has 1 atom stereocenters. The van der Waals surface area contributed by atoms with Crippen molar-refractivity contribution in [3.8, 4) is 0 Å². The first-order chi connectivity index (χ1) is 5.67. The topological polar surface area (TPSA) is 20.2 Å². The summed E-state index contributed by atoms with van der Waals surface area (Å²) in [6, 6.07) is 0. The quantitative estimate of drug-likeness (QED) is 0.576. The third-order valence-electron chi connectivity index (χ3n) is 1.35. The van der Waals surface area contributed by atoms with Crippen LogP contribution in [0.25, 0.3) is 0 Å². The lowest BCUT2D eigenvalue weighted by molar-refractivity contribution is -0.284. The van der Waals surface area contributed by atoms with Crippen molar-refractivity contribution in [2.45, 2.75) is 24.9 Å². The fourth-order valence-electron chi connectivity index (χ4n) is 0.645. The number of rotatable bonds is 4. The van der Waals surface area contributed by atoms with Crippen LogP contribution in [-0.2, 0) is 11.2 Å². The fraction of sp³-hybridized carbons (Fsp3) is 1.00. The molecule has 0 fully saturated rings. The molecule has 0 amide bonds. The Labute approximate surface area is 75.5 Å². The summed E-state index contributed by atoms with van der Waals surface area (Å²) in [6.45, 7) is 0. The molecule has 0 aromatic heterocycles. The third-order valence-corrected chi connectivity index (χ3v) is 2.22. The summed E-state index contributed by atoms with van der Waals surface area (Å²) in [5, 5.41) is 0. The molecule has 0 aliphatic carbocycles. The van der Waals surface area contributed by atoms with Crippen LogP contribution in [0.3, 0.4) is 0 Å². The van der Waals surface area contributed by atoms with Crippen LogP contribution in [0.1, 0.15) is 12.8 Å². The molecule has 0 aromatic carbocycles. The van der Waals surface area contributed by atoms with Crippen LogP contribution in [0.4, 0.5) is 22.0 Å². The third kappa shape index (κ3) is 4.66. The predicted octanol–water partition coefficient (Wildman–Crippen LogP) is 2.69. The van der Waals surface area contributed by atoms with Gasteiger partial charge in [0.2, 0.25) is 0 Å². The zero-order valence-corrected chi connectivity index (χ0v) is 7.68. The minimum atomic E-state index is -5.48. The van der Waals surface area contributed by atoms with Gasteiger partial charge in [-0.15, -0.1) is 0 Å². The van der Waals surface area contributed by atoms with Crippen molar-refractivity contribution in [3.63, 3.8) is 0 Å². The monoisotopic (exact) mass is 225 g/mol. The highest BCUT2D eigenvalue weighted by molar-refractivity contribution is 7.90. The highest BCUT2D eigenvalue weighted by Gasteiger charge is 2.56. The molecule has 7 heteroatoms. The summed E-state index contributed by atoms with van der Waals surface area (Å²) < 4.78 is 67.7. The van der Waals surface area contributed by atoms with Gasteiger partial charge in [-0.3, -0.25) is 0 Å². The maximum absolute atomic E-state index is 12.2. The first-order valence-electron chi connectivity index (χ1n) is 3.43. The molecule has 13 heavy (non-hydrogen) atoms. The lowest BCUT2D eigenvalue weighted by Crippen LogP contribution is -2.36. The summed E-state index contributed by atoms with van der Waals surface area (Å²) in [5.41, 5.74) is 0. The largest absolute Gasteiger partial charge is 0.453 e. The highest BCUT2D eigenvalue weighted by Crippen LogP contribution is 2.38. The number of alkyl halides is 5. The average Bonchev–Trinajstić information content (AvgIpc) is 1.82. The Balaban J connectivity index is 3.90. The van der Waals surface area contributed by atoms with E-state index < -0.39 is 29.7 Å². The molecule has 1 unspecified atom stereocenters. The van der Waals surface area contributed by atoms with Gasteiger partial charge in [-0.25, -0.2) is 0 Å². The maximum Gasteiger partial charge on any atom is 0.453 e. The van der Waals surface area contributed by atoms with E-state index in [4.69, 9.17) is 4.55 Å². The molecule has 0 radical (unpaired) electrons. The van der Waals surface area contributed by atoms with Crippen LogP contribution in [-0.4, -0.2) is 28.7 Å². The fourth-order valence-corrected chi connectivity index (χ4v) is 1.21. The van der Waals surface area contributed by atoms with Crippen LogP contribution >= 0.6 is 0 Å². The van der Waals surface area contributed by atoms with Gasteiger partial charge in [-0.1, -0.05) is 0 Å². The summed E-state index contributed by atoms with van der Waals surface area (Å²) in [7, 11) is 0. The Morgan fingerprint density at radius 2 is 1.62 bits per heavy atom. The van der Waals surface area contributed by atoms with Gasteiger partial charge in [0.05, 0.1) is 0 Å². The first-order valence-corrected chi connectivity index (χ1v) is 5.19. The predicted molar refractivity (Wildman–Crippen MR) is 41.0 cm³/mol. The van der Waals surface area contributed by atoms with Crippen molar-refractivity contribution in [1.82, 2.24) is 0 Å². The second kappa shape index (κ2) is 4.45. The minimum Gasteiger partial charge on any atom is -0.196 e. The molecule has 0 aromatic rings. The lowest BCUT2D eigenvalue weighted by atomic mass is 10.2. The molecule has 0 heterocycles. The minimum absolute atomic E-state index is 0.0222. The van der Waals surface area contributed by atoms with E-state index in [2.05, 4.69) is 0 Å². The molecule has 0 bridgehead atoms. The molecular weight excluding hydrogens is 215 g/mol. The van der Waals surface area contributed by atoms with E-state index in [-0.39, 0.29) is 12.2 Å². The second-order valence-corrected chi connectivity index (χ2v) is 4.22. The van der Waals surface area contributed by atoms with E-state index in [0.29, 0.717) is 0 Å². The van der Waals surface area contributed by atoms with E-state index in [0.717, 1.165) is 0 Å². The maximum atomic E-state index is 12.2. The Hall–Kier alpha value is -0.0400. The molecule has 1 N–H and O–H groups in total. The SMILES string of the molecule is C[S+](O)CCCC(F)(F)C(F)(F)F. The lowest BCUT2D eigenvalue weighted by Gasteiger charge is -2.18. The van der Waals surface area contributed by atoms with Crippen LogP contribution in [0.5, 0.6) is 0 Å². The van der Waals surface area contributed by atoms with E-state index in [9.17, 15) is 22.0 Å². The van der Waals surface area contributed by atoms with Crippen LogP contribution in [0, 0.1) is 0 Å². The van der Waals surface area contributed by atoms with Crippen LogP contribution in [0.2, 0.25) is 0 Å². The van der Waals surface area contributed by atoms with Gasteiger partial charge >= 0.3 is 12.1 Å². The Morgan fingerprint density at radius 3 is 1.92 bits per heavy atom. The van der Waals surface area contributed by atoms with Crippen molar-refractivity contribution < 1.29 is 26.5 Å². The highest BCUT2D eigenvalue weighted by atomic mass is 32.2. The smallest absolute Gasteiger partial charge is 0.196 e. The summed E-state index contributed by atoms with van der Waals surface area (Å²) in [5.74, 6) is -4.65. The average molecular weight is 225 g/mol.